The van der Waals surface area contributed by atoms with Gasteiger partial charge in [0.05, 0.1) is 0 Å². The van der Waals surface area contributed by atoms with Crippen molar-refractivity contribution in [3.63, 3.8) is 0 Å². The standard InChI is InChI=1S/C9H17N3/c1-2-6-12(7-3-1)9-8-10-4-5-11-9/h10H,1-8H2. The number of likely N-dealkylation sites (tertiary alicyclic amines) is 1. The highest BCUT2D eigenvalue weighted by Crippen LogP contribution is 2.15. The minimum Gasteiger partial charge on any atom is -0.312 e. The molecule has 0 atom stereocenters. The van der Waals surface area contributed by atoms with E-state index in [1.165, 1.54) is 38.5 Å². The summed E-state index contributed by atoms with van der Waals surface area (Å²) in [5.74, 6) is 0. The van der Waals surface area contributed by atoms with Crippen LogP contribution in [-0.4, -0.2) is 37.6 Å². The average molecular weight is 167 g/mol. The molecule has 2 aliphatic rings. The van der Waals surface area contributed by atoms with E-state index >= 15 is 0 Å². The summed E-state index contributed by atoms with van der Waals surface area (Å²) in [4.78, 5) is 2.44. The van der Waals surface area contributed by atoms with Gasteiger partial charge in [-0.25, -0.2) is 5.32 Å². The van der Waals surface area contributed by atoms with E-state index in [0.29, 0.717) is 0 Å². The molecular formula is C9H17N3. The summed E-state index contributed by atoms with van der Waals surface area (Å²) in [6.07, 6.45) is 5.39. The zero-order valence-corrected chi connectivity index (χ0v) is 7.55. The van der Waals surface area contributed by atoms with Crippen molar-refractivity contribution in [2.24, 2.45) is 0 Å². The van der Waals surface area contributed by atoms with Crippen molar-refractivity contribution in [1.82, 2.24) is 15.5 Å². The third-order valence-electron chi connectivity index (χ3n) is 2.59. The highest BCUT2D eigenvalue weighted by Gasteiger charge is 2.23. The molecular weight excluding hydrogens is 150 g/mol. The molecule has 2 rings (SSSR count). The summed E-state index contributed by atoms with van der Waals surface area (Å²) in [7, 11) is 0. The van der Waals surface area contributed by atoms with Crippen molar-refractivity contribution < 1.29 is 0 Å². The molecule has 0 amide bonds. The first-order valence-electron chi connectivity index (χ1n) is 4.96. The first-order valence-corrected chi connectivity index (χ1v) is 4.96. The molecule has 3 heteroatoms. The van der Waals surface area contributed by atoms with Gasteiger partial charge in [0.2, 0.25) is 0 Å². The Bertz CT molecular complexity index is 110. The average Bonchev–Trinajstić information content (AvgIpc) is 2.21. The number of piperidine rings is 1. The Morgan fingerprint density at radius 1 is 1.17 bits per heavy atom. The highest BCUT2D eigenvalue weighted by molar-refractivity contribution is 4.93. The fraction of sp³-hybridized carbons (Fsp3) is 0.889. The fourth-order valence-corrected chi connectivity index (χ4v) is 1.88. The van der Waals surface area contributed by atoms with Crippen molar-refractivity contribution in [3.8, 4) is 0 Å². The number of hydrogen-bond acceptors (Lipinski definition) is 2. The molecule has 0 aromatic heterocycles. The lowest BCUT2D eigenvalue weighted by molar-refractivity contribution is 0.195. The Morgan fingerprint density at radius 2 is 2.00 bits per heavy atom. The first-order chi connectivity index (χ1) is 5.97. The monoisotopic (exact) mass is 167 g/mol. The molecule has 12 heavy (non-hydrogen) atoms. The Hall–Kier alpha value is -0.120. The Morgan fingerprint density at radius 3 is 2.67 bits per heavy atom. The molecule has 1 N–H and O–H groups in total. The molecule has 0 aromatic rings. The van der Waals surface area contributed by atoms with Crippen LogP contribution in [0, 0.1) is 6.17 Å². The normalized spacial score (nSPS) is 29.0. The van der Waals surface area contributed by atoms with Gasteiger partial charge in [-0.3, -0.25) is 4.90 Å². The Balaban J connectivity index is 1.80. The van der Waals surface area contributed by atoms with Gasteiger partial charge in [-0.1, -0.05) is 6.42 Å². The second-order valence-electron chi connectivity index (χ2n) is 3.52. The fourth-order valence-electron chi connectivity index (χ4n) is 1.88. The highest BCUT2D eigenvalue weighted by atomic mass is 15.3. The second kappa shape index (κ2) is 4.21. The molecule has 2 heterocycles. The molecule has 0 bridgehead atoms. The van der Waals surface area contributed by atoms with Gasteiger partial charge in [0, 0.05) is 32.7 Å². The SMILES string of the molecule is C1CCN([C]2CNCC[N]2)CC1. The van der Waals surface area contributed by atoms with Crippen molar-refractivity contribution in [2.75, 3.05) is 32.7 Å². The lowest BCUT2D eigenvalue weighted by Crippen LogP contribution is -2.49. The van der Waals surface area contributed by atoms with Crippen molar-refractivity contribution in [3.05, 3.63) is 6.17 Å². The number of nitrogens with one attached hydrogen (secondary N) is 1. The zero-order chi connectivity index (χ0) is 8.23. The van der Waals surface area contributed by atoms with Gasteiger partial charge in [-0.2, -0.15) is 0 Å². The van der Waals surface area contributed by atoms with E-state index in [1.54, 1.807) is 0 Å². The topological polar surface area (TPSA) is 29.4 Å². The second-order valence-corrected chi connectivity index (χ2v) is 3.52. The summed E-state index contributed by atoms with van der Waals surface area (Å²) in [6, 6.07) is 0. The quantitative estimate of drug-likeness (QED) is 0.603. The van der Waals surface area contributed by atoms with Crippen LogP contribution < -0.4 is 10.6 Å². The van der Waals surface area contributed by atoms with Crippen LogP contribution in [0.3, 0.4) is 0 Å². The van der Waals surface area contributed by atoms with Gasteiger partial charge in [-0.05, 0) is 12.8 Å². The van der Waals surface area contributed by atoms with E-state index in [0.717, 1.165) is 19.6 Å². The molecule has 68 valence electrons. The number of piperazine rings is 1. The van der Waals surface area contributed by atoms with E-state index in [1.807, 2.05) is 0 Å². The van der Waals surface area contributed by atoms with Crippen LogP contribution in [0.4, 0.5) is 0 Å². The van der Waals surface area contributed by atoms with Crippen molar-refractivity contribution in [2.45, 2.75) is 19.3 Å². The third-order valence-corrected chi connectivity index (χ3v) is 2.59. The summed E-state index contributed by atoms with van der Waals surface area (Å²) in [6.45, 7) is 5.45. The van der Waals surface area contributed by atoms with E-state index in [9.17, 15) is 0 Å². The zero-order valence-electron chi connectivity index (χ0n) is 7.55. The minimum atomic E-state index is 0.964. The van der Waals surface area contributed by atoms with E-state index in [2.05, 4.69) is 15.5 Å². The summed E-state index contributed by atoms with van der Waals surface area (Å²) < 4.78 is 0. The molecule has 0 spiro atoms. The van der Waals surface area contributed by atoms with E-state index in [4.69, 9.17) is 0 Å². The van der Waals surface area contributed by atoms with Crippen LogP contribution in [-0.2, 0) is 0 Å². The molecule has 3 nitrogen and oxygen atoms in total. The molecule has 0 saturated carbocycles. The molecule has 0 unspecified atom stereocenters. The number of nitrogens with zero attached hydrogens (tertiary/aromatic N) is 2. The number of rotatable bonds is 1. The van der Waals surface area contributed by atoms with Gasteiger partial charge < -0.3 is 5.32 Å². The third kappa shape index (κ3) is 1.97. The van der Waals surface area contributed by atoms with Crippen LogP contribution in [0.2, 0.25) is 0 Å². The van der Waals surface area contributed by atoms with Crippen LogP contribution in [0.1, 0.15) is 19.3 Å². The van der Waals surface area contributed by atoms with Crippen LogP contribution in [0.15, 0.2) is 0 Å². The lowest BCUT2D eigenvalue weighted by atomic mass is 10.1. The smallest absolute Gasteiger partial charge is 0.135 e. The minimum absolute atomic E-state index is 0.964. The predicted molar refractivity (Wildman–Crippen MR) is 48.5 cm³/mol. The van der Waals surface area contributed by atoms with E-state index < -0.39 is 0 Å². The van der Waals surface area contributed by atoms with Gasteiger partial charge in [0.1, 0.15) is 6.17 Å². The van der Waals surface area contributed by atoms with Crippen molar-refractivity contribution in [1.29, 1.82) is 0 Å². The predicted octanol–water partition coefficient (Wildman–Crippen LogP) is 0.169. The van der Waals surface area contributed by atoms with Crippen LogP contribution in [0.5, 0.6) is 0 Å². The molecule has 2 saturated heterocycles. The van der Waals surface area contributed by atoms with Crippen molar-refractivity contribution >= 4 is 0 Å². The maximum atomic E-state index is 4.53. The Labute approximate surface area is 74.5 Å². The Kier molecular flexibility index (Phi) is 2.98. The van der Waals surface area contributed by atoms with Gasteiger partial charge in [0.25, 0.3) is 0 Å². The molecule has 0 aromatic carbocycles. The molecule has 0 aliphatic carbocycles. The van der Waals surface area contributed by atoms with Gasteiger partial charge in [0.15, 0.2) is 0 Å². The van der Waals surface area contributed by atoms with Crippen LogP contribution >= 0.6 is 0 Å². The summed E-state index contributed by atoms with van der Waals surface area (Å²) in [5, 5.41) is 7.89. The number of hydrogen-bond donors (Lipinski definition) is 1. The van der Waals surface area contributed by atoms with Crippen LogP contribution in [0.25, 0.3) is 0 Å². The molecule has 2 fully saturated rings. The largest absolute Gasteiger partial charge is 0.312 e. The molecule has 2 radical (unpaired) electrons. The van der Waals surface area contributed by atoms with Gasteiger partial charge >= 0.3 is 0 Å². The maximum absolute atomic E-state index is 4.53. The summed E-state index contributed by atoms with van der Waals surface area (Å²) in [5.41, 5.74) is 0. The maximum Gasteiger partial charge on any atom is 0.135 e. The lowest BCUT2D eigenvalue weighted by Gasteiger charge is -2.35. The van der Waals surface area contributed by atoms with E-state index in [-0.39, 0.29) is 0 Å². The van der Waals surface area contributed by atoms with Gasteiger partial charge in [-0.15, -0.1) is 0 Å². The summed E-state index contributed by atoms with van der Waals surface area (Å²) >= 11 is 0. The first kappa shape index (κ1) is 8.48. The molecule has 2 aliphatic heterocycles.